The van der Waals surface area contributed by atoms with Gasteiger partial charge in [-0.3, -0.25) is 14.5 Å². The number of likely N-dealkylation sites (tertiary alicyclic amines) is 1. The van der Waals surface area contributed by atoms with Gasteiger partial charge in [0.05, 0.1) is 0 Å². The van der Waals surface area contributed by atoms with E-state index in [1.54, 1.807) is 11.9 Å². The number of fused-ring (bicyclic) bond motifs is 1. The fourth-order valence-corrected chi connectivity index (χ4v) is 4.10. The van der Waals surface area contributed by atoms with Gasteiger partial charge in [-0.15, -0.1) is 11.3 Å². The largest absolute Gasteiger partial charge is 0.334 e. The van der Waals surface area contributed by atoms with Crippen LogP contribution in [0.25, 0.3) is 0 Å². The van der Waals surface area contributed by atoms with Gasteiger partial charge < -0.3 is 4.90 Å². The molecule has 0 N–H and O–H groups in total. The molecule has 1 fully saturated rings. The van der Waals surface area contributed by atoms with Gasteiger partial charge in [0.1, 0.15) is 5.69 Å². The van der Waals surface area contributed by atoms with Crippen molar-refractivity contribution in [2.75, 3.05) is 19.6 Å². The molecule has 4 heterocycles. The van der Waals surface area contributed by atoms with Gasteiger partial charge in [-0.1, -0.05) is 0 Å². The Morgan fingerprint density at radius 1 is 1.30 bits per heavy atom. The first-order valence-corrected chi connectivity index (χ1v) is 8.63. The van der Waals surface area contributed by atoms with Crippen LogP contribution in [0, 0.1) is 0 Å². The highest BCUT2D eigenvalue weighted by molar-refractivity contribution is 7.10. The van der Waals surface area contributed by atoms with Crippen LogP contribution in [-0.4, -0.2) is 51.2 Å². The van der Waals surface area contributed by atoms with E-state index in [4.69, 9.17) is 0 Å². The Balaban J connectivity index is 1.39. The van der Waals surface area contributed by atoms with E-state index < -0.39 is 0 Å². The van der Waals surface area contributed by atoms with Crippen molar-refractivity contribution in [3.8, 4) is 0 Å². The summed E-state index contributed by atoms with van der Waals surface area (Å²) in [6.45, 7) is 3.54. The van der Waals surface area contributed by atoms with E-state index in [1.165, 1.54) is 27.3 Å². The van der Waals surface area contributed by atoms with Crippen molar-refractivity contribution in [2.24, 2.45) is 7.05 Å². The van der Waals surface area contributed by atoms with Crippen LogP contribution in [0.5, 0.6) is 0 Å². The number of nitrogens with zero attached hydrogens (tertiary/aromatic N) is 4. The van der Waals surface area contributed by atoms with Crippen LogP contribution in [-0.2, 0) is 20.0 Å². The minimum atomic E-state index is -0.206. The molecule has 2 aliphatic rings. The first-order chi connectivity index (χ1) is 11.1. The molecule has 0 spiro atoms. The van der Waals surface area contributed by atoms with Gasteiger partial charge in [0, 0.05) is 50.2 Å². The monoisotopic (exact) mass is 330 g/mol. The molecule has 0 aliphatic carbocycles. The zero-order valence-corrected chi connectivity index (χ0v) is 13.8. The Hall–Kier alpha value is -1.99. The van der Waals surface area contributed by atoms with Crippen molar-refractivity contribution < 1.29 is 4.79 Å². The average Bonchev–Trinajstić information content (AvgIpc) is 2.96. The Morgan fingerprint density at radius 2 is 2.13 bits per heavy atom. The van der Waals surface area contributed by atoms with Gasteiger partial charge >= 0.3 is 0 Å². The van der Waals surface area contributed by atoms with E-state index >= 15 is 0 Å². The standard InChI is InChI=1S/C16H18N4O2S/c1-18-15(21)3-2-13(17-18)16(22)20-9-12(10-20)19-6-4-14-11(8-19)5-7-23-14/h2-3,5,7,12H,4,6,8-10H2,1H3. The lowest BCUT2D eigenvalue weighted by Crippen LogP contribution is -2.61. The molecule has 0 bridgehead atoms. The molecule has 0 atom stereocenters. The molecular formula is C16H18N4O2S. The second kappa shape index (κ2) is 5.58. The topological polar surface area (TPSA) is 58.4 Å². The lowest BCUT2D eigenvalue weighted by atomic mass is 10.0. The summed E-state index contributed by atoms with van der Waals surface area (Å²) in [4.78, 5) is 29.5. The fraction of sp³-hybridized carbons (Fsp3) is 0.438. The molecule has 4 rings (SSSR count). The molecule has 2 aromatic rings. The molecule has 0 saturated carbocycles. The Labute approximate surface area is 137 Å². The zero-order chi connectivity index (χ0) is 16.0. The van der Waals surface area contributed by atoms with Crippen molar-refractivity contribution in [1.82, 2.24) is 19.6 Å². The molecule has 1 saturated heterocycles. The lowest BCUT2D eigenvalue weighted by Gasteiger charge is -2.46. The summed E-state index contributed by atoms with van der Waals surface area (Å²) in [5.41, 5.74) is 1.57. The summed E-state index contributed by atoms with van der Waals surface area (Å²) in [7, 11) is 1.56. The number of amides is 1. The van der Waals surface area contributed by atoms with Crippen molar-refractivity contribution in [2.45, 2.75) is 19.0 Å². The third-order valence-electron chi connectivity index (χ3n) is 4.68. The molecule has 2 aliphatic heterocycles. The summed E-state index contributed by atoms with van der Waals surface area (Å²) in [5, 5.41) is 6.20. The van der Waals surface area contributed by atoms with Gasteiger partial charge in [-0.05, 0) is 29.5 Å². The van der Waals surface area contributed by atoms with Crippen molar-refractivity contribution in [3.05, 3.63) is 50.1 Å². The molecule has 1 amide bonds. The third-order valence-corrected chi connectivity index (χ3v) is 5.71. The predicted octanol–water partition coefficient (Wildman–Crippen LogP) is 0.724. The van der Waals surface area contributed by atoms with Gasteiger partial charge in [0.25, 0.3) is 11.5 Å². The van der Waals surface area contributed by atoms with Gasteiger partial charge in [0.2, 0.25) is 0 Å². The highest BCUT2D eigenvalue weighted by atomic mass is 32.1. The Bertz CT molecular complexity index is 806. The predicted molar refractivity (Wildman–Crippen MR) is 87.6 cm³/mol. The maximum atomic E-state index is 12.4. The SMILES string of the molecule is Cn1nc(C(=O)N2CC(N3CCc4sccc4C3)C2)ccc1=O. The first-order valence-electron chi connectivity index (χ1n) is 7.75. The minimum absolute atomic E-state index is 0.0925. The molecule has 23 heavy (non-hydrogen) atoms. The van der Waals surface area contributed by atoms with Gasteiger partial charge in [-0.25, -0.2) is 4.68 Å². The normalized spacial score (nSPS) is 18.6. The number of hydrogen-bond acceptors (Lipinski definition) is 5. The highest BCUT2D eigenvalue weighted by Crippen LogP contribution is 2.27. The maximum absolute atomic E-state index is 12.4. The molecular weight excluding hydrogens is 312 g/mol. The molecule has 7 heteroatoms. The summed E-state index contributed by atoms with van der Waals surface area (Å²) in [6.07, 6.45) is 1.11. The number of thiophene rings is 1. The smallest absolute Gasteiger partial charge is 0.274 e. The number of hydrogen-bond donors (Lipinski definition) is 0. The Morgan fingerprint density at radius 3 is 2.91 bits per heavy atom. The van der Waals surface area contributed by atoms with E-state index in [0.29, 0.717) is 11.7 Å². The number of rotatable bonds is 2. The van der Waals surface area contributed by atoms with Crippen LogP contribution in [0.15, 0.2) is 28.4 Å². The van der Waals surface area contributed by atoms with Crippen LogP contribution >= 0.6 is 11.3 Å². The summed E-state index contributed by atoms with van der Waals surface area (Å²) in [5.74, 6) is -0.0925. The molecule has 0 aromatic carbocycles. The summed E-state index contributed by atoms with van der Waals surface area (Å²) >= 11 is 1.84. The van der Waals surface area contributed by atoms with Crippen molar-refractivity contribution in [3.63, 3.8) is 0 Å². The van der Waals surface area contributed by atoms with Crippen LogP contribution < -0.4 is 5.56 Å². The maximum Gasteiger partial charge on any atom is 0.274 e. The first kappa shape index (κ1) is 14.6. The number of carbonyl (C=O) groups excluding carboxylic acids is 1. The second-order valence-corrected chi connectivity index (χ2v) is 7.13. The second-order valence-electron chi connectivity index (χ2n) is 6.13. The van der Waals surface area contributed by atoms with E-state index in [0.717, 1.165) is 32.6 Å². The minimum Gasteiger partial charge on any atom is -0.334 e. The number of aromatic nitrogens is 2. The lowest BCUT2D eigenvalue weighted by molar-refractivity contribution is 0.0214. The van der Waals surface area contributed by atoms with Crippen LogP contribution in [0.2, 0.25) is 0 Å². The average molecular weight is 330 g/mol. The van der Waals surface area contributed by atoms with Crippen molar-refractivity contribution >= 4 is 17.2 Å². The van der Waals surface area contributed by atoms with Crippen LogP contribution in [0.4, 0.5) is 0 Å². The third kappa shape index (κ3) is 2.60. The molecule has 120 valence electrons. The molecule has 0 radical (unpaired) electrons. The number of carbonyl (C=O) groups is 1. The van der Waals surface area contributed by atoms with Crippen LogP contribution in [0.3, 0.4) is 0 Å². The number of aryl methyl sites for hydroxylation is 1. The quantitative estimate of drug-likeness (QED) is 0.814. The fourth-order valence-electron chi connectivity index (χ4n) is 3.21. The summed E-state index contributed by atoms with van der Waals surface area (Å²) in [6, 6.07) is 5.54. The molecule has 2 aromatic heterocycles. The van der Waals surface area contributed by atoms with E-state index in [2.05, 4.69) is 21.4 Å². The Kier molecular flexibility index (Phi) is 3.54. The zero-order valence-electron chi connectivity index (χ0n) is 12.9. The van der Waals surface area contributed by atoms with E-state index in [9.17, 15) is 9.59 Å². The molecule has 0 unspecified atom stereocenters. The van der Waals surface area contributed by atoms with E-state index in [-0.39, 0.29) is 11.5 Å². The highest BCUT2D eigenvalue weighted by Gasteiger charge is 2.37. The van der Waals surface area contributed by atoms with Gasteiger partial charge in [0.15, 0.2) is 0 Å². The summed E-state index contributed by atoms with van der Waals surface area (Å²) < 4.78 is 1.20. The van der Waals surface area contributed by atoms with Crippen molar-refractivity contribution in [1.29, 1.82) is 0 Å². The molecule has 6 nitrogen and oxygen atoms in total. The van der Waals surface area contributed by atoms with Gasteiger partial charge in [-0.2, -0.15) is 5.10 Å². The van der Waals surface area contributed by atoms with Crippen LogP contribution in [0.1, 0.15) is 20.9 Å². The van der Waals surface area contributed by atoms with E-state index in [1.807, 2.05) is 11.3 Å².